The second kappa shape index (κ2) is 7.79. The lowest BCUT2D eigenvalue weighted by atomic mass is 10.1. The van der Waals surface area contributed by atoms with Crippen LogP contribution in [0.4, 0.5) is 0 Å². The van der Waals surface area contributed by atoms with Crippen LogP contribution in [-0.2, 0) is 0 Å². The minimum atomic E-state index is -0.149. The maximum Gasteiger partial charge on any atom is 0.251 e. The third kappa shape index (κ3) is 4.98. The van der Waals surface area contributed by atoms with Crippen molar-refractivity contribution in [1.82, 2.24) is 5.32 Å². The molecule has 1 amide bonds. The van der Waals surface area contributed by atoms with Crippen LogP contribution < -0.4 is 5.32 Å². The van der Waals surface area contributed by atoms with Gasteiger partial charge in [0.15, 0.2) is 0 Å². The van der Waals surface area contributed by atoms with Crippen molar-refractivity contribution in [3.63, 3.8) is 0 Å². The molecule has 1 aromatic carbocycles. The van der Waals surface area contributed by atoms with E-state index >= 15 is 0 Å². The maximum atomic E-state index is 11.8. The first kappa shape index (κ1) is 15.5. The van der Waals surface area contributed by atoms with Gasteiger partial charge in [0.25, 0.3) is 5.91 Å². The number of aromatic hydroxyl groups is 1. The van der Waals surface area contributed by atoms with Crippen molar-refractivity contribution in [3.05, 3.63) is 28.2 Å². The Hall–Kier alpha value is -0.550. The molecule has 0 spiro atoms. The fraction of sp³-hybridized carbons (Fsp3) is 0.462. The summed E-state index contributed by atoms with van der Waals surface area (Å²) in [7, 11) is 0. The van der Waals surface area contributed by atoms with Crippen LogP contribution in [0.15, 0.2) is 22.7 Å². The molecular weight excluding hydrogens is 362 g/mol. The molecule has 1 atom stereocenters. The highest BCUT2D eigenvalue weighted by atomic mass is 79.9. The van der Waals surface area contributed by atoms with E-state index in [9.17, 15) is 9.90 Å². The number of nitrogens with one attached hydrogen (secondary N) is 1. The molecule has 1 aromatic rings. The van der Waals surface area contributed by atoms with Crippen molar-refractivity contribution >= 4 is 37.8 Å². The number of alkyl halides is 1. The molecular formula is C13H17Br2NO2. The summed E-state index contributed by atoms with van der Waals surface area (Å²) in [5.74, 6) is 0.554. The summed E-state index contributed by atoms with van der Waals surface area (Å²) in [4.78, 5) is 11.8. The zero-order valence-electron chi connectivity index (χ0n) is 10.2. The Morgan fingerprint density at radius 1 is 1.50 bits per heavy atom. The lowest BCUT2D eigenvalue weighted by Gasteiger charge is -2.08. The molecule has 0 bridgehead atoms. The van der Waals surface area contributed by atoms with Crippen molar-refractivity contribution in [1.29, 1.82) is 0 Å². The maximum absolute atomic E-state index is 11.8. The van der Waals surface area contributed by atoms with Gasteiger partial charge in [-0.15, -0.1) is 0 Å². The molecule has 3 nitrogen and oxygen atoms in total. The summed E-state index contributed by atoms with van der Waals surface area (Å²) in [5, 5.41) is 13.3. The number of rotatable bonds is 6. The third-order valence-electron chi connectivity index (χ3n) is 2.63. The fourth-order valence-corrected chi connectivity index (χ4v) is 2.06. The largest absolute Gasteiger partial charge is 0.507 e. The number of phenolic OH excluding ortho intramolecular Hbond substituents is 1. The second-order valence-electron chi connectivity index (χ2n) is 4.32. The number of carbonyl (C=O) groups excluding carboxylic acids is 1. The second-order valence-corrected chi connectivity index (χ2v) is 5.83. The van der Waals surface area contributed by atoms with E-state index in [1.807, 2.05) is 0 Å². The van der Waals surface area contributed by atoms with E-state index in [1.165, 1.54) is 6.07 Å². The summed E-state index contributed by atoms with van der Waals surface area (Å²) < 4.78 is 0.588. The van der Waals surface area contributed by atoms with E-state index in [0.717, 1.165) is 18.2 Å². The molecule has 0 aromatic heterocycles. The summed E-state index contributed by atoms with van der Waals surface area (Å²) in [6.07, 6.45) is 2.04. The minimum absolute atomic E-state index is 0.0792. The lowest BCUT2D eigenvalue weighted by molar-refractivity contribution is 0.0952. The number of hydrogen-bond donors (Lipinski definition) is 2. The Labute approximate surface area is 124 Å². The third-order valence-corrected chi connectivity index (χ3v) is 4.41. The number of amides is 1. The molecule has 0 aliphatic heterocycles. The molecule has 0 aliphatic rings. The first-order valence-corrected chi connectivity index (χ1v) is 7.78. The summed E-state index contributed by atoms with van der Waals surface area (Å²) in [6, 6.07) is 4.80. The molecule has 1 rings (SSSR count). The Balaban J connectivity index is 2.39. The van der Waals surface area contributed by atoms with Crippen molar-refractivity contribution in [2.24, 2.45) is 5.92 Å². The highest BCUT2D eigenvalue weighted by Crippen LogP contribution is 2.24. The van der Waals surface area contributed by atoms with Gasteiger partial charge in [-0.3, -0.25) is 4.79 Å². The molecule has 0 saturated carbocycles. The topological polar surface area (TPSA) is 49.3 Å². The normalized spacial score (nSPS) is 12.2. The molecule has 1 unspecified atom stereocenters. The monoisotopic (exact) mass is 377 g/mol. The van der Waals surface area contributed by atoms with Gasteiger partial charge >= 0.3 is 0 Å². The van der Waals surface area contributed by atoms with Gasteiger partial charge in [0, 0.05) is 17.4 Å². The number of halogens is 2. The lowest BCUT2D eigenvalue weighted by Crippen LogP contribution is -2.24. The average Bonchev–Trinajstić information content (AvgIpc) is 2.37. The molecule has 100 valence electrons. The van der Waals surface area contributed by atoms with E-state index in [2.05, 4.69) is 44.1 Å². The van der Waals surface area contributed by atoms with Crippen LogP contribution in [0.1, 0.15) is 30.1 Å². The number of benzene rings is 1. The van der Waals surface area contributed by atoms with Gasteiger partial charge in [-0.05, 0) is 52.9 Å². The number of carbonyl (C=O) groups is 1. The van der Waals surface area contributed by atoms with E-state index in [1.54, 1.807) is 12.1 Å². The van der Waals surface area contributed by atoms with E-state index in [0.29, 0.717) is 22.5 Å². The summed E-state index contributed by atoms with van der Waals surface area (Å²) in [6.45, 7) is 2.83. The van der Waals surface area contributed by atoms with Crippen LogP contribution >= 0.6 is 31.9 Å². The van der Waals surface area contributed by atoms with Crippen LogP contribution in [0.25, 0.3) is 0 Å². The van der Waals surface area contributed by atoms with Crippen molar-refractivity contribution in [2.75, 3.05) is 11.9 Å². The van der Waals surface area contributed by atoms with Gasteiger partial charge in [-0.2, -0.15) is 0 Å². The highest BCUT2D eigenvalue weighted by molar-refractivity contribution is 9.10. The molecule has 0 radical (unpaired) electrons. The number of hydrogen-bond acceptors (Lipinski definition) is 2. The minimum Gasteiger partial charge on any atom is -0.507 e. The van der Waals surface area contributed by atoms with Gasteiger partial charge in [0.1, 0.15) is 5.75 Å². The Morgan fingerprint density at radius 2 is 2.22 bits per heavy atom. The van der Waals surface area contributed by atoms with Crippen LogP contribution in [0.3, 0.4) is 0 Å². The Kier molecular flexibility index (Phi) is 6.71. The van der Waals surface area contributed by atoms with Gasteiger partial charge in [0.05, 0.1) is 4.47 Å². The molecule has 0 saturated heterocycles. The van der Waals surface area contributed by atoms with Crippen LogP contribution in [0, 0.1) is 5.92 Å². The van der Waals surface area contributed by atoms with E-state index in [4.69, 9.17) is 0 Å². The quantitative estimate of drug-likeness (QED) is 0.585. The SMILES string of the molecule is CC(CBr)CCCNC(=O)c1ccc(Br)c(O)c1. The Bertz CT molecular complexity index is 410. The van der Waals surface area contributed by atoms with Crippen molar-refractivity contribution < 1.29 is 9.90 Å². The smallest absolute Gasteiger partial charge is 0.251 e. The summed E-state index contributed by atoms with van der Waals surface area (Å²) in [5.41, 5.74) is 0.476. The van der Waals surface area contributed by atoms with Crippen molar-refractivity contribution in [3.8, 4) is 5.75 Å². The van der Waals surface area contributed by atoms with Gasteiger partial charge in [0.2, 0.25) is 0 Å². The van der Waals surface area contributed by atoms with Gasteiger partial charge in [-0.1, -0.05) is 22.9 Å². The van der Waals surface area contributed by atoms with Crippen LogP contribution in [0.2, 0.25) is 0 Å². The van der Waals surface area contributed by atoms with Gasteiger partial charge in [-0.25, -0.2) is 0 Å². The van der Waals surface area contributed by atoms with Crippen LogP contribution in [0.5, 0.6) is 5.75 Å². The predicted octanol–water partition coefficient (Wildman–Crippen LogP) is 3.70. The molecule has 0 aliphatic carbocycles. The highest BCUT2D eigenvalue weighted by Gasteiger charge is 2.07. The molecule has 0 fully saturated rings. The molecule has 5 heteroatoms. The zero-order valence-corrected chi connectivity index (χ0v) is 13.4. The average molecular weight is 379 g/mol. The summed E-state index contributed by atoms with van der Waals surface area (Å²) >= 11 is 6.61. The van der Waals surface area contributed by atoms with Crippen molar-refractivity contribution in [2.45, 2.75) is 19.8 Å². The Morgan fingerprint density at radius 3 is 2.83 bits per heavy atom. The van der Waals surface area contributed by atoms with E-state index in [-0.39, 0.29) is 11.7 Å². The van der Waals surface area contributed by atoms with Crippen LogP contribution in [-0.4, -0.2) is 22.9 Å². The van der Waals surface area contributed by atoms with E-state index < -0.39 is 0 Å². The zero-order chi connectivity index (χ0) is 13.5. The van der Waals surface area contributed by atoms with Gasteiger partial charge < -0.3 is 10.4 Å². The molecule has 2 N–H and O–H groups in total. The fourth-order valence-electron chi connectivity index (χ4n) is 1.49. The first-order chi connectivity index (χ1) is 8.54. The standard InChI is InChI=1S/C13H17Br2NO2/c1-9(8-14)3-2-6-16-13(18)10-4-5-11(15)12(17)7-10/h4-5,7,9,17H,2-3,6,8H2,1H3,(H,16,18). The molecule has 18 heavy (non-hydrogen) atoms. The number of phenols is 1. The first-order valence-electron chi connectivity index (χ1n) is 5.87. The predicted molar refractivity (Wildman–Crippen MR) is 80.3 cm³/mol. The molecule has 0 heterocycles.